The molecule has 1 saturated heterocycles. The Bertz CT molecular complexity index is 500. The van der Waals surface area contributed by atoms with E-state index in [1.807, 2.05) is 0 Å². The average molecular weight is 317 g/mol. The van der Waals surface area contributed by atoms with E-state index in [-0.39, 0.29) is 0 Å². The summed E-state index contributed by atoms with van der Waals surface area (Å²) in [6.45, 7) is 3.57. The third kappa shape index (κ3) is 4.53. The van der Waals surface area contributed by atoms with Gasteiger partial charge in [0.2, 0.25) is 0 Å². The molecule has 1 fully saturated rings. The minimum Gasteiger partial charge on any atom is -0.299 e. The van der Waals surface area contributed by atoms with Crippen molar-refractivity contribution in [3.63, 3.8) is 0 Å². The maximum absolute atomic E-state index is 11.7. The summed E-state index contributed by atoms with van der Waals surface area (Å²) in [6.07, 6.45) is 2.23. The van der Waals surface area contributed by atoms with Crippen molar-refractivity contribution in [1.29, 1.82) is 0 Å². The van der Waals surface area contributed by atoms with Gasteiger partial charge in [0, 0.05) is 33.7 Å². The van der Waals surface area contributed by atoms with Gasteiger partial charge in [-0.05, 0) is 47.7 Å². The molecule has 0 saturated carbocycles. The molecule has 0 unspecified atom stereocenters. The summed E-state index contributed by atoms with van der Waals surface area (Å²) in [6, 6.07) is 2.16. The Kier molecular flexibility index (Phi) is 5.57. The topological polar surface area (TPSA) is 52.7 Å². The Morgan fingerprint density at radius 2 is 2.30 bits per heavy atom. The Hall–Kier alpha value is -0.470. The zero-order valence-electron chi connectivity index (χ0n) is 12.1. The van der Waals surface area contributed by atoms with Crippen molar-refractivity contribution in [2.45, 2.75) is 19.4 Å². The van der Waals surface area contributed by atoms with Crippen LogP contribution in [0.5, 0.6) is 0 Å². The molecule has 0 radical (unpaired) electrons. The van der Waals surface area contributed by atoms with E-state index < -0.39 is 10.2 Å². The fourth-order valence-corrected chi connectivity index (χ4v) is 3.82. The molecular formula is C13H23N3O2S2. The summed E-state index contributed by atoms with van der Waals surface area (Å²) in [4.78, 5) is 2.42. The Balaban J connectivity index is 1.82. The van der Waals surface area contributed by atoms with Gasteiger partial charge in [-0.3, -0.25) is 4.90 Å². The fraction of sp³-hybridized carbons (Fsp3) is 0.692. The molecule has 0 aromatic carbocycles. The minimum atomic E-state index is -3.30. The molecule has 1 aromatic rings. The van der Waals surface area contributed by atoms with Gasteiger partial charge in [0.05, 0.1) is 0 Å². The third-order valence-electron chi connectivity index (χ3n) is 3.62. The molecule has 2 heterocycles. The van der Waals surface area contributed by atoms with Crippen molar-refractivity contribution in [2.75, 3.05) is 33.7 Å². The van der Waals surface area contributed by atoms with Crippen LogP contribution in [0.25, 0.3) is 0 Å². The highest BCUT2D eigenvalue weighted by Gasteiger charge is 2.22. The highest BCUT2D eigenvalue weighted by molar-refractivity contribution is 7.87. The predicted octanol–water partition coefficient (Wildman–Crippen LogP) is 1.36. The molecule has 1 atom stereocenters. The molecule has 0 amide bonds. The van der Waals surface area contributed by atoms with E-state index in [1.54, 1.807) is 25.4 Å². The number of nitrogens with one attached hydrogen (secondary N) is 1. The van der Waals surface area contributed by atoms with Crippen LogP contribution in [0.1, 0.15) is 18.4 Å². The van der Waals surface area contributed by atoms with E-state index in [0.29, 0.717) is 12.5 Å². The highest BCUT2D eigenvalue weighted by atomic mass is 32.2. The van der Waals surface area contributed by atoms with E-state index in [1.165, 1.54) is 9.87 Å². The lowest BCUT2D eigenvalue weighted by Crippen LogP contribution is -2.43. The van der Waals surface area contributed by atoms with Crippen molar-refractivity contribution in [1.82, 2.24) is 13.9 Å². The van der Waals surface area contributed by atoms with Crippen LogP contribution in [0, 0.1) is 5.92 Å². The molecule has 0 bridgehead atoms. The van der Waals surface area contributed by atoms with E-state index >= 15 is 0 Å². The quantitative estimate of drug-likeness (QED) is 0.862. The Morgan fingerprint density at radius 1 is 1.50 bits per heavy atom. The molecular weight excluding hydrogens is 294 g/mol. The van der Waals surface area contributed by atoms with Crippen LogP contribution in [0.2, 0.25) is 0 Å². The summed E-state index contributed by atoms with van der Waals surface area (Å²) in [5.41, 5.74) is 1.35. The van der Waals surface area contributed by atoms with E-state index in [0.717, 1.165) is 32.5 Å². The molecule has 114 valence electrons. The normalized spacial score (nSPS) is 21.4. The zero-order chi connectivity index (χ0) is 14.6. The maximum atomic E-state index is 11.7. The van der Waals surface area contributed by atoms with Crippen LogP contribution in [-0.2, 0) is 16.8 Å². The number of rotatable bonds is 6. The first kappa shape index (κ1) is 15.9. The van der Waals surface area contributed by atoms with Gasteiger partial charge in [0.25, 0.3) is 10.2 Å². The summed E-state index contributed by atoms with van der Waals surface area (Å²) in [7, 11) is -0.203. The summed E-state index contributed by atoms with van der Waals surface area (Å²) < 4.78 is 27.3. The van der Waals surface area contributed by atoms with Crippen molar-refractivity contribution < 1.29 is 8.42 Å². The zero-order valence-corrected chi connectivity index (χ0v) is 13.7. The SMILES string of the molecule is CN(C)S(=O)(=O)NC[C@@H]1CCCN(Cc2ccsc2)C1. The second-order valence-electron chi connectivity index (χ2n) is 5.51. The summed E-state index contributed by atoms with van der Waals surface area (Å²) in [5, 5.41) is 4.28. The number of piperidine rings is 1. The Labute approximate surface area is 125 Å². The van der Waals surface area contributed by atoms with Gasteiger partial charge < -0.3 is 0 Å². The second-order valence-corrected chi connectivity index (χ2v) is 8.26. The number of hydrogen-bond donors (Lipinski definition) is 1. The minimum absolute atomic E-state index is 0.400. The predicted molar refractivity (Wildman–Crippen MR) is 82.9 cm³/mol. The molecule has 1 N–H and O–H groups in total. The van der Waals surface area contributed by atoms with Gasteiger partial charge in [0.1, 0.15) is 0 Å². The molecule has 1 aromatic heterocycles. The van der Waals surface area contributed by atoms with Gasteiger partial charge in [-0.2, -0.15) is 24.1 Å². The second kappa shape index (κ2) is 7.00. The molecule has 5 nitrogen and oxygen atoms in total. The Morgan fingerprint density at radius 3 is 2.95 bits per heavy atom. The van der Waals surface area contributed by atoms with Gasteiger partial charge in [-0.1, -0.05) is 0 Å². The van der Waals surface area contributed by atoms with Crippen LogP contribution < -0.4 is 4.72 Å². The lowest BCUT2D eigenvalue weighted by atomic mass is 9.98. The smallest absolute Gasteiger partial charge is 0.278 e. The molecule has 1 aliphatic rings. The van der Waals surface area contributed by atoms with Crippen LogP contribution in [0.15, 0.2) is 16.8 Å². The number of likely N-dealkylation sites (tertiary alicyclic amines) is 1. The number of nitrogens with zero attached hydrogens (tertiary/aromatic N) is 2. The molecule has 0 spiro atoms. The standard InChI is InChI=1S/C13H23N3O2S2/c1-15(2)20(17,18)14-8-12-4-3-6-16(9-12)10-13-5-7-19-11-13/h5,7,11-12,14H,3-4,6,8-10H2,1-2H3/t12-/m0/s1. The van der Waals surface area contributed by atoms with Crippen molar-refractivity contribution in [2.24, 2.45) is 5.92 Å². The first-order valence-electron chi connectivity index (χ1n) is 6.88. The van der Waals surface area contributed by atoms with E-state index in [2.05, 4.69) is 26.4 Å². The van der Waals surface area contributed by atoms with Crippen molar-refractivity contribution in [3.05, 3.63) is 22.4 Å². The van der Waals surface area contributed by atoms with Gasteiger partial charge in [0.15, 0.2) is 0 Å². The maximum Gasteiger partial charge on any atom is 0.278 e. The largest absolute Gasteiger partial charge is 0.299 e. The lowest BCUT2D eigenvalue weighted by Gasteiger charge is -2.32. The van der Waals surface area contributed by atoms with Crippen LogP contribution >= 0.6 is 11.3 Å². The summed E-state index contributed by atoms with van der Waals surface area (Å²) in [5.74, 6) is 0.400. The van der Waals surface area contributed by atoms with Gasteiger partial charge in [-0.25, -0.2) is 4.72 Å². The average Bonchev–Trinajstić information content (AvgIpc) is 2.90. The molecule has 7 heteroatoms. The fourth-order valence-electron chi connectivity index (χ4n) is 2.45. The summed E-state index contributed by atoms with van der Waals surface area (Å²) >= 11 is 1.72. The van der Waals surface area contributed by atoms with Crippen LogP contribution in [0.4, 0.5) is 0 Å². The number of hydrogen-bond acceptors (Lipinski definition) is 4. The monoisotopic (exact) mass is 317 g/mol. The van der Waals surface area contributed by atoms with Crippen LogP contribution in [-0.4, -0.2) is 51.4 Å². The molecule has 2 rings (SSSR count). The van der Waals surface area contributed by atoms with Gasteiger partial charge in [-0.15, -0.1) is 0 Å². The first-order chi connectivity index (χ1) is 9.47. The molecule has 0 aliphatic carbocycles. The highest BCUT2D eigenvalue weighted by Crippen LogP contribution is 2.19. The van der Waals surface area contributed by atoms with E-state index in [9.17, 15) is 8.42 Å². The van der Waals surface area contributed by atoms with Crippen molar-refractivity contribution >= 4 is 21.5 Å². The molecule has 1 aliphatic heterocycles. The first-order valence-corrected chi connectivity index (χ1v) is 9.26. The van der Waals surface area contributed by atoms with Crippen LogP contribution in [0.3, 0.4) is 0 Å². The van der Waals surface area contributed by atoms with Gasteiger partial charge >= 0.3 is 0 Å². The van der Waals surface area contributed by atoms with E-state index in [4.69, 9.17) is 0 Å². The van der Waals surface area contributed by atoms with Crippen molar-refractivity contribution in [3.8, 4) is 0 Å². The lowest BCUT2D eigenvalue weighted by molar-refractivity contribution is 0.169. The number of thiophene rings is 1. The third-order valence-corrected chi connectivity index (χ3v) is 5.85. The molecule has 20 heavy (non-hydrogen) atoms.